The molecule has 0 bridgehead atoms. The van der Waals surface area contributed by atoms with E-state index in [4.69, 9.17) is 23.2 Å². The van der Waals surface area contributed by atoms with Crippen LogP contribution >= 0.6 is 23.2 Å². The Morgan fingerprint density at radius 1 is 1.24 bits per heavy atom. The van der Waals surface area contributed by atoms with E-state index >= 15 is 0 Å². The lowest BCUT2D eigenvalue weighted by molar-refractivity contribution is -0.121. The summed E-state index contributed by atoms with van der Waals surface area (Å²) in [5.41, 5.74) is 0.912. The Kier molecular flexibility index (Phi) is 3.76. The Balaban J connectivity index is 2.19. The first-order valence-corrected chi connectivity index (χ1v) is 6.34. The zero-order valence-corrected chi connectivity index (χ0v) is 10.8. The van der Waals surface area contributed by atoms with Gasteiger partial charge < -0.3 is 0 Å². The molecule has 0 heterocycles. The Hall–Kier alpha value is -0.970. The average Bonchev–Trinajstić information content (AvgIpc) is 2.32. The molecule has 1 nitrogen and oxygen atoms in total. The second-order valence-electron chi connectivity index (χ2n) is 4.13. The maximum absolute atomic E-state index is 11.6. The Morgan fingerprint density at radius 3 is 2.65 bits per heavy atom. The summed E-state index contributed by atoms with van der Waals surface area (Å²) >= 11 is 12.1. The summed E-state index contributed by atoms with van der Waals surface area (Å²) in [6, 6.07) is 9.61. The van der Waals surface area contributed by atoms with Gasteiger partial charge in [0.15, 0.2) is 10.1 Å². The van der Waals surface area contributed by atoms with Gasteiger partial charge in [-0.3, -0.25) is 4.79 Å². The van der Waals surface area contributed by atoms with E-state index in [1.54, 1.807) is 0 Å². The number of benzene rings is 1. The Bertz CT molecular complexity index is 468. The van der Waals surface area contributed by atoms with E-state index < -0.39 is 4.33 Å². The van der Waals surface area contributed by atoms with Crippen molar-refractivity contribution in [1.82, 2.24) is 0 Å². The maximum atomic E-state index is 11.6. The minimum atomic E-state index is -1.33. The summed E-state index contributed by atoms with van der Waals surface area (Å²) in [4.78, 5) is 11.6. The molecule has 1 saturated carbocycles. The van der Waals surface area contributed by atoms with Crippen LogP contribution in [0.5, 0.6) is 0 Å². The monoisotopic (exact) mass is 266 g/mol. The molecule has 0 spiro atoms. The van der Waals surface area contributed by atoms with Crippen LogP contribution in [0.15, 0.2) is 30.3 Å². The van der Waals surface area contributed by atoms with Gasteiger partial charge in [0, 0.05) is 12.0 Å². The molecule has 0 saturated heterocycles. The standard InChI is InChI=1S/C14H12Cl2O/c15-14(16)12(7-4-8-13(14)17)10-9-11-5-2-1-3-6-11/h1-3,5-6,12H,4,7-8H2. The highest BCUT2D eigenvalue weighted by atomic mass is 35.5. The van der Waals surface area contributed by atoms with Crippen LogP contribution in [0.3, 0.4) is 0 Å². The Labute approximate surface area is 111 Å². The fraction of sp³-hybridized carbons (Fsp3) is 0.357. The molecule has 0 N–H and O–H groups in total. The van der Waals surface area contributed by atoms with E-state index in [0.29, 0.717) is 6.42 Å². The van der Waals surface area contributed by atoms with Gasteiger partial charge in [-0.2, -0.15) is 0 Å². The number of alkyl halides is 2. The van der Waals surface area contributed by atoms with E-state index in [2.05, 4.69) is 11.8 Å². The summed E-state index contributed by atoms with van der Waals surface area (Å²) in [6.45, 7) is 0. The number of Topliss-reactive ketones (excluding diaryl/α,β-unsaturated/α-hetero) is 1. The number of carbonyl (C=O) groups is 1. The van der Waals surface area contributed by atoms with Gasteiger partial charge in [0.1, 0.15) is 0 Å². The van der Waals surface area contributed by atoms with Crippen LogP contribution < -0.4 is 0 Å². The quantitative estimate of drug-likeness (QED) is 0.518. The van der Waals surface area contributed by atoms with E-state index in [1.807, 2.05) is 30.3 Å². The third-order valence-corrected chi connectivity index (χ3v) is 3.82. The maximum Gasteiger partial charge on any atom is 0.189 e. The van der Waals surface area contributed by atoms with Crippen LogP contribution in [0, 0.1) is 17.8 Å². The molecular formula is C14H12Cl2O. The fourth-order valence-corrected chi connectivity index (χ4v) is 2.38. The molecule has 0 amide bonds. The van der Waals surface area contributed by atoms with Gasteiger partial charge in [0.05, 0.1) is 5.92 Å². The molecule has 1 unspecified atom stereocenters. The first kappa shape index (κ1) is 12.5. The summed E-state index contributed by atoms with van der Waals surface area (Å²) in [7, 11) is 0. The molecule has 1 aliphatic rings. The van der Waals surface area contributed by atoms with Gasteiger partial charge in [-0.25, -0.2) is 0 Å². The van der Waals surface area contributed by atoms with Crippen LogP contribution in [-0.2, 0) is 4.79 Å². The minimum absolute atomic E-state index is 0.112. The van der Waals surface area contributed by atoms with Crippen LogP contribution in [0.2, 0.25) is 0 Å². The molecule has 1 aromatic carbocycles. The van der Waals surface area contributed by atoms with E-state index in [-0.39, 0.29) is 11.7 Å². The molecule has 1 atom stereocenters. The summed E-state index contributed by atoms with van der Waals surface area (Å²) in [5, 5.41) is 0. The van der Waals surface area contributed by atoms with Crippen molar-refractivity contribution in [2.75, 3.05) is 0 Å². The smallest absolute Gasteiger partial charge is 0.189 e. The zero-order valence-electron chi connectivity index (χ0n) is 9.25. The third-order valence-electron chi connectivity index (χ3n) is 2.87. The number of hydrogen-bond acceptors (Lipinski definition) is 1. The predicted molar refractivity (Wildman–Crippen MR) is 70.1 cm³/mol. The molecule has 1 aromatic rings. The molecule has 88 valence electrons. The van der Waals surface area contributed by atoms with Gasteiger partial charge in [0.2, 0.25) is 0 Å². The number of hydrogen-bond donors (Lipinski definition) is 0. The topological polar surface area (TPSA) is 17.1 Å². The second-order valence-corrected chi connectivity index (χ2v) is 5.51. The van der Waals surface area contributed by atoms with Crippen LogP contribution in [0.4, 0.5) is 0 Å². The molecule has 0 aliphatic heterocycles. The summed E-state index contributed by atoms with van der Waals surface area (Å²) in [6.07, 6.45) is 2.04. The van der Waals surface area contributed by atoms with Gasteiger partial charge in [-0.1, -0.05) is 53.2 Å². The normalized spacial score (nSPS) is 22.7. The van der Waals surface area contributed by atoms with E-state index in [1.165, 1.54) is 0 Å². The molecule has 1 fully saturated rings. The van der Waals surface area contributed by atoms with E-state index in [9.17, 15) is 4.79 Å². The number of carbonyl (C=O) groups excluding carboxylic acids is 1. The largest absolute Gasteiger partial charge is 0.296 e. The van der Waals surface area contributed by atoms with Crippen molar-refractivity contribution in [3.63, 3.8) is 0 Å². The average molecular weight is 267 g/mol. The lowest BCUT2D eigenvalue weighted by Gasteiger charge is -2.29. The minimum Gasteiger partial charge on any atom is -0.296 e. The SMILES string of the molecule is O=C1CCCC(C#Cc2ccccc2)C1(Cl)Cl. The van der Waals surface area contributed by atoms with Gasteiger partial charge >= 0.3 is 0 Å². The first-order chi connectivity index (χ1) is 8.10. The summed E-state index contributed by atoms with van der Waals surface area (Å²) in [5.74, 6) is 5.66. The Morgan fingerprint density at radius 2 is 1.94 bits per heavy atom. The van der Waals surface area contributed by atoms with Crippen molar-refractivity contribution in [2.45, 2.75) is 23.6 Å². The van der Waals surface area contributed by atoms with Crippen molar-refractivity contribution in [1.29, 1.82) is 0 Å². The number of halogens is 2. The fourth-order valence-electron chi connectivity index (χ4n) is 1.86. The molecular weight excluding hydrogens is 255 g/mol. The van der Waals surface area contributed by atoms with Gasteiger partial charge in [-0.15, -0.1) is 0 Å². The second kappa shape index (κ2) is 5.12. The van der Waals surface area contributed by atoms with Gasteiger partial charge in [-0.05, 0) is 25.0 Å². The highest BCUT2D eigenvalue weighted by Crippen LogP contribution is 2.39. The van der Waals surface area contributed by atoms with Crippen molar-refractivity contribution in [3.8, 4) is 11.8 Å². The molecule has 2 rings (SSSR count). The highest BCUT2D eigenvalue weighted by molar-refractivity contribution is 6.58. The zero-order chi connectivity index (χ0) is 12.3. The predicted octanol–water partition coefficient (Wildman–Crippen LogP) is 3.58. The van der Waals surface area contributed by atoms with Crippen molar-refractivity contribution >= 4 is 29.0 Å². The van der Waals surface area contributed by atoms with Crippen molar-refractivity contribution < 1.29 is 4.79 Å². The molecule has 3 heteroatoms. The molecule has 0 radical (unpaired) electrons. The highest BCUT2D eigenvalue weighted by Gasteiger charge is 2.43. The van der Waals surface area contributed by atoms with Gasteiger partial charge in [0.25, 0.3) is 0 Å². The van der Waals surface area contributed by atoms with Crippen LogP contribution in [-0.4, -0.2) is 10.1 Å². The molecule has 17 heavy (non-hydrogen) atoms. The van der Waals surface area contributed by atoms with Crippen LogP contribution in [0.25, 0.3) is 0 Å². The molecule has 0 aromatic heterocycles. The molecule has 1 aliphatic carbocycles. The number of rotatable bonds is 0. The lowest BCUT2D eigenvalue weighted by Crippen LogP contribution is -2.37. The van der Waals surface area contributed by atoms with Crippen molar-refractivity contribution in [2.24, 2.45) is 5.92 Å². The van der Waals surface area contributed by atoms with Crippen molar-refractivity contribution in [3.05, 3.63) is 35.9 Å². The first-order valence-electron chi connectivity index (χ1n) is 5.58. The third kappa shape index (κ3) is 2.83. The lowest BCUT2D eigenvalue weighted by atomic mass is 9.87. The van der Waals surface area contributed by atoms with Crippen LogP contribution in [0.1, 0.15) is 24.8 Å². The summed E-state index contributed by atoms with van der Waals surface area (Å²) < 4.78 is -1.33. The number of ketones is 1. The van der Waals surface area contributed by atoms with E-state index in [0.717, 1.165) is 18.4 Å².